The molecule has 0 aliphatic heterocycles. The second kappa shape index (κ2) is 5.17. The van der Waals surface area contributed by atoms with Crippen molar-refractivity contribution in [2.24, 2.45) is 13.0 Å². The van der Waals surface area contributed by atoms with Crippen LogP contribution in [-0.4, -0.2) is 20.7 Å². The van der Waals surface area contributed by atoms with Crippen molar-refractivity contribution in [2.45, 2.75) is 25.8 Å². The molecule has 1 atom stereocenters. The van der Waals surface area contributed by atoms with E-state index in [1.165, 1.54) is 24.2 Å². The smallest absolute Gasteiger partial charge is 0.262 e. The van der Waals surface area contributed by atoms with Crippen LogP contribution in [0.25, 0.3) is 10.2 Å². The minimum atomic E-state index is -0.00676. The molecule has 4 rings (SSSR count). The predicted octanol–water partition coefficient (Wildman–Crippen LogP) is 3.28. The fourth-order valence-corrected chi connectivity index (χ4v) is 4.54. The van der Waals surface area contributed by atoms with Crippen molar-refractivity contribution < 1.29 is 4.79 Å². The SMILES string of the molecule is Cc1nn(C)c2sc(C(=O)N[C@@H](c3nccs3)C3CC3)cc12. The summed E-state index contributed by atoms with van der Waals surface area (Å²) >= 11 is 3.11. The normalized spacial score (nSPS) is 16.1. The number of carbonyl (C=O) groups is 1. The Bertz CT molecular complexity index is 795. The molecular formula is C15H16N4OS2. The van der Waals surface area contributed by atoms with Crippen molar-refractivity contribution >= 4 is 38.8 Å². The van der Waals surface area contributed by atoms with Crippen molar-refractivity contribution in [2.75, 3.05) is 0 Å². The van der Waals surface area contributed by atoms with Gasteiger partial charge in [-0.15, -0.1) is 22.7 Å². The van der Waals surface area contributed by atoms with Gasteiger partial charge in [-0.25, -0.2) is 4.98 Å². The van der Waals surface area contributed by atoms with Gasteiger partial charge in [-0.3, -0.25) is 9.48 Å². The molecule has 0 bridgehead atoms. The average molecular weight is 332 g/mol. The van der Waals surface area contributed by atoms with E-state index < -0.39 is 0 Å². The molecule has 0 radical (unpaired) electrons. The van der Waals surface area contributed by atoms with Gasteiger partial charge in [-0.1, -0.05) is 0 Å². The Morgan fingerprint density at radius 3 is 2.95 bits per heavy atom. The van der Waals surface area contributed by atoms with Gasteiger partial charge in [0.2, 0.25) is 0 Å². The fourth-order valence-electron chi connectivity index (χ4n) is 2.73. The van der Waals surface area contributed by atoms with E-state index in [1.54, 1.807) is 17.5 Å². The number of rotatable bonds is 4. The zero-order chi connectivity index (χ0) is 15.3. The van der Waals surface area contributed by atoms with Gasteiger partial charge >= 0.3 is 0 Å². The number of thiazole rings is 1. The Morgan fingerprint density at radius 1 is 1.50 bits per heavy atom. The topological polar surface area (TPSA) is 59.8 Å². The highest BCUT2D eigenvalue weighted by Gasteiger charge is 2.35. The van der Waals surface area contributed by atoms with E-state index in [4.69, 9.17) is 0 Å². The predicted molar refractivity (Wildman–Crippen MR) is 88.4 cm³/mol. The standard InChI is InChI=1S/C15H16N4OS2/c1-8-10-7-11(22-15(10)19(2)18-8)13(20)17-12(9-3-4-9)14-16-5-6-21-14/h5-7,9,12H,3-4H2,1-2H3,(H,17,20)/t12-/m1/s1. The average Bonchev–Trinajstić information content (AvgIpc) is 2.94. The lowest BCUT2D eigenvalue weighted by molar-refractivity contribution is 0.0936. The summed E-state index contributed by atoms with van der Waals surface area (Å²) in [5.41, 5.74) is 0.964. The molecule has 1 saturated carbocycles. The molecule has 0 saturated heterocycles. The number of fused-ring (bicyclic) bond motifs is 1. The number of nitrogens with zero attached hydrogens (tertiary/aromatic N) is 3. The van der Waals surface area contributed by atoms with Crippen LogP contribution in [-0.2, 0) is 7.05 Å². The molecule has 0 spiro atoms. The lowest BCUT2D eigenvalue weighted by atomic mass is 10.2. The molecule has 1 aliphatic carbocycles. The van der Waals surface area contributed by atoms with Gasteiger partial charge in [0.15, 0.2) is 0 Å². The summed E-state index contributed by atoms with van der Waals surface area (Å²) in [5.74, 6) is 0.528. The fraction of sp³-hybridized carbons (Fsp3) is 0.400. The lowest BCUT2D eigenvalue weighted by Gasteiger charge is -2.15. The summed E-state index contributed by atoms with van der Waals surface area (Å²) in [6.07, 6.45) is 4.13. The van der Waals surface area contributed by atoms with Gasteiger partial charge in [0.25, 0.3) is 5.91 Å². The zero-order valence-corrected chi connectivity index (χ0v) is 14.0. The van der Waals surface area contributed by atoms with E-state index in [2.05, 4.69) is 15.4 Å². The number of amides is 1. The summed E-state index contributed by atoms with van der Waals surface area (Å²) in [6, 6.07) is 2.00. The van der Waals surface area contributed by atoms with Gasteiger partial charge in [0.1, 0.15) is 9.84 Å². The highest BCUT2D eigenvalue weighted by Crippen LogP contribution is 2.42. The lowest BCUT2D eigenvalue weighted by Crippen LogP contribution is -2.29. The largest absolute Gasteiger partial charge is 0.342 e. The molecule has 1 N–H and O–H groups in total. The summed E-state index contributed by atoms with van der Waals surface area (Å²) in [4.78, 5) is 18.8. The quantitative estimate of drug-likeness (QED) is 0.797. The third kappa shape index (κ3) is 2.34. The second-order valence-corrected chi connectivity index (χ2v) is 7.65. The first-order chi connectivity index (χ1) is 10.6. The van der Waals surface area contributed by atoms with Gasteiger partial charge in [-0.05, 0) is 31.7 Å². The molecule has 5 nitrogen and oxygen atoms in total. The van der Waals surface area contributed by atoms with Crippen LogP contribution in [0.5, 0.6) is 0 Å². The molecule has 0 unspecified atom stereocenters. The van der Waals surface area contributed by atoms with Crippen LogP contribution in [0.3, 0.4) is 0 Å². The van der Waals surface area contributed by atoms with Gasteiger partial charge in [-0.2, -0.15) is 5.10 Å². The molecule has 22 heavy (non-hydrogen) atoms. The molecule has 3 aromatic heterocycles. The molecule has 114 valence electrons. The molecule has 7 heteroatoms. The molecule has 0 aromatic carbocycles. The van der Waals surface area contributed by atoms with Crippen molar-refractivity contribution in [3.05, 3.63) is 33.2 Å². The highest BCUT2D eigenvalue weighted by atomic mass is 32.1. The Kier molecular flexibility index (Phi) is 3.27. The van der Waals surface area contributed by atoms with E-state index in [-0.39, 0.29) is 11.9 Å². The zero-order valence-electron chi connectivity index (χ0n) is 12.4. The highest BCUT2D eigenvalue weighted by molar-refractivity contribution is 7.20. The van der Waals surface area contributed by atoms with Crippen LogP contribution < -0.4 is 5.32 Å². The van der Waals surface area contributed by atoms with Crippen LogP contribution in [0.15, 0.2) is 17.6 Å². The molecule has 3 aromatic rings. The summed E-state index contributed by atoms with van der Waals surface area (Å²) in [5, 5.41) is 11.6. The third-order valence-electron chi connectivity index (χ3n) is 4.02. The first kappa shape index (κ1) is 13.9. The first-order valence-electron chi connectivity index (χ1n) is 7.27. The van der Waals surface area contributed by atoms with Gasteiger partial charge in [0, 0.05) is 24.0 Å². The van der Waals surface area contributed by atoms with Crippen LogP contribution in [0.1, 0.15) is 39.3 Å². The maximum Gasteiger partial charge on any atom is 0.262 e. The van der Waals surface area contributed by atoms with E-state index >= 15 is 0 Å². The van der Waals surface area contributed by atoms with Crippen LogP contribution in [0.4, 0.5) is 0 Å². The van der Waals surface area contributed by atoms with Gasteiger partial charge in [0.05, 0.1) is 16.6 Å². The maximum atomic E-state index is 12.6. The molecule has 1 fully saturated rings. The molecular weight excluding hydrogens is 316 g/mol. The minimum Gasteiger partial charge on any atom is -0.342 e. The number of hydrogen-bond donors (Lipinski definition) is 1. The second-order valence-electron chi connectivity index (χ2n) is 5.70. The molecule has 1 amide bonds. The summed E-state index contributed by atoms with van der Waals surface area (Å²) in [7, 11) is 1.91. The minimum absolute atomic E-state index is 0.00676. The first-order valence-corrected chi connectivity index (χ1v) is 8.96. The van der Waals surface area contributed by atoms with Crippen LogP contribution in [0.2, 0.25) is 0 Å². The summed E-state index contributed by atoms with van der Waals surface area (Å²) in [6.45, 7) is 1.97. The van der Waals surface area contributed by atoms with Crippen molar-refractivity contribution in [1.29, 1.82) is 0 Å². The summed E-state index contributed by atoms with van der Waals surface area (Å²) < 4.78 is 1.84. The molecule has 3 heterocycles. The Balaban J connectivity index is 1.61. The van der Waals surface area contributed by atoms with Crippen molar-refractivity contribution in [3.8, 4) is 0 Å². The van der Waals surface area contributed by atoms with E-state index in [9.17, 15) is 4.79 Å². The number of aromatic nitrogens is 3. The number of hydrogen-bond acceptors (Lipinski definition) is 5. The number of carbonyl (C=O) groups excluding carboxylic acids is 1. The van der Waals surface area contributed by atoms with Crippen molar-refractivity contribution in [3.63, 3.8) is 0 Å². The Hall–Kier alpha value is -1.73. The molecule has 1 aliphatic rings. The maximum absolute atomic E-state index is 12.6. The van der Waals surface area contributed by atoms with E-state index in [0.717, 1.165) is 25.8 Å². The Labute approximate surface area is 136 Å². The Morgan fingerprint density at radius 2 is 2.32 bits per heavy atom. The third-order valence-corrected chi connectivity index (χ3v) is 6.08. The number of nitrogens with one attached hydrogen (secondary N) is 1. The number of aryl methyl sites for hydroxylation is 2. The van der Waals surface area contributed by atoms with Crippen LogP contribution in [0, 0.1) is 12.8 Å². The van der Waals surface area contributed by atoms with Crippen LogP contribution >= 0.6 is 22.7 Å². The van der Waals surface area contributed by atoms with E-state index in [1.807, 2.05) is 30.1 Å². The monoisotopic (exact) mass is 332 g/mol. The van der Waals surface area contributed by atoms with E-state index in [0.29, 0.717) is 5.92 Å². The number of thiophene rings is 1. The van der Waals surface area contributed by atoms with Gasteiger partial charge < -0.3 is 5.32 Å². The van der Waals surface area contributed by atoms with Crippen molar-refractivity contribution in [1.82, 2.24) is 20.1 Å².